The average molecular weight is 314 g/mol. The summed E-state index contributed by atoms with van der Waals surface area (Å²) in [4.78, 5) is 10.3. The van der Waals surface area contributed by atoms with E-state index in [1.807, 2.05) is 6.08 Å². The predicted octanol–water partition coefficient (Wildman–Crippen LogP) is 4.05. The van der Waals surface area contributed by atoms with Crippen LogP contribution in [0, 0.1) is 0 Å². The molecule has 0 rings (SSSR count). The van der Waals surface area contributed by atoms with E-state index in [2.05, 4.69) is 6.92 Å². The van der Waals surface area contributed by atoms with E-state index in [1.165, 1.54) is 19.3 Å². The van der Waals surface area contributed by atoms with Gasteiger partial charge in [-0.2, -0.15) is 0 Å². The summed E-state index contributed by atoms with van der Waals surface area (Å²) in [5.41, 5.74) is 0. The van der Waals surface area contributed by atoms with E-state index < -0.39 is 12.1 Å². The lowest BCUT2D eigenvalue weighted by Crippen LogP contribution is -2.06. The zero-order chi connectivity index (χ0) is 16.6. The smallest absolute Gasteiger partial charge is 0.303 e. The Hall–Kier alpha value is -0.870. The first-order valence-corrected chi connectivity index (χ1v) is 8.80. The number of rotatable bonds is 15. The van der Waals surface area contributed by atoms with Gasteiger partial charge in [0.05, 0.1) is 12.2 Å². The lowest BCUT2D eigenvalue weighted by Gasteiger charge is -2.09. The van der Waals surface area contributed by atoms with Crippen LogP contribution >= 0.6 is 0 Å². The second-order valence-electron chi connectivity index (χ2n) is 6.07. The Bertz CT molecular complexity index is 289. The lowest BCUT2D eigenvalue weighted by atomic mass is 10.0. The third-order valence-corrected chi connectivity index (χ3v) is 3.80. The molecule has 22 heavy (non-hydrogen) atoms. The molecule has 0 aliphatic heterocycles. The van der Waals surface area contributed by atoms with Gasteiger partial charge in [0.1, 0.15) is 0 Å². The first-order valence-electron chi connectivity index (χ1n) is 8.80. The Morgan fingerprint density at radius 2 is 1.64 bits per heavy atom. The lowest BCUT2D eigenvalue weighted by molar-refractivity contribution is -0.137. The maximum Gasteiger partial charge on any atom is 0.303 e. The SMILES string of the molecule is CCCCCCC(O)CCCCC=CC(O)CCCC(=O)O. The van der Waals surface area contributed by atoms with Crippen molar-refractivity contribution in [1.29, 1.82) is 0 Å². The Balaban J connectivity index is 3.43. The molecule has 0 saturated heterocycles. The van der Waals surface area contributed by atoms with Gasteiger partial charge in [0, 0.05) is 6.42 Å². The van der Waals surface area contributed by atoms with Crippen molar-refractivity contribution in [1.82, 2.24) is 0 Å². The number of unbranched alkanes of at least 4 members (excludes halogenated alkanes) is 5. The highest BCUT2D eigenvalue weighted by Gasteiger charge is 2.04. The van der Waals surface area contributed by atoms with Crippen molar-refractivity contribution >= 4 is 5.97 Å². The van der Waals surface area contributed by atoms with E-state index in [0.29, 0.717) is 12.8 Å². The Morgan fingerprint density at radius 1 is 0.955 bits per heavy atom. The fourth-order valence-corrected chi connectivity index (χ4v) is 2.41. The van der Waals surface area contributed by atoms with Crippen molar-refractivity contribution in [2.45, 2.75) is 96.2 Å². The van der Waals surface area contributed by atoms with Gasteiger partial charge in [0.25, 0.3) is 0 Å². The Morgan fingerprint density at radius 3 is 2.27 bits per heavy atom. The zero-order valence-electron chi connectivity index (χ0n) is 14.0. The third-order valence-electron chi connectivity index (χ3n) is 3.80. The molecule has 0 aromatic heterocycles. The van der Waals surface area contributed by atoms with Crippen molar-refractivity contribution in [3.63, 3.8) is 0 Å². The van der Waals surface area contributed by atoms with Crippen LogP contribution in [0.1, 0.15) is 84.0 Å². The van der Waals surface area contributed by atoms with E-state index in [4.69, 9.17) is 5.11 Å². The summed E-state index contributed by atoms with van der Waals surface area (Å²) >= 11 is 0. The molecule has 4 nitrogen and oxygen atoms in total. The fourth-order valence-electron chi connectivity index (χ4n) is 2.41. The van der Waals surface area contributed by atoms with E-state index in [9.17, 15) is 15.0 Å². The normalized spacial score (nSPS) is 14.3. The number of hydrogen-bond acceptors (Lipinski definition) is 3. The molecule has 0 aliphatic rings. The van der Waals surface area contributed by atoms with Crippen molar-refractivity contribution < 1.29 is 20.1 Å². The molecule has 0 aromatic carbocycles. The summed E-state index contributed by atoms with van der Waals surface area (Å²) < 4.78 is 0. The minimum absolute atomic E-state index is 0.112. The van der Waals surface area contributed by atoms with E-state index in [1.54, 1.807) is 6.08 Å². The van der Waals surface area contributed by atoms with Crippen LogP contribution in [0.25, 0.3) is 0 Å². The van der Waals surface area contributed by atoms with Crippen molar-refractivity contribution in [3.8, 4) is 0 Å². The standard InChI is InChI=1S/C18H34O4/c1-2-3-4-7-11-16(19)12-8-5-6-9-13-17(20)14-10-15-18(21)22/h9,13,16-17,19-20H,2-8,10-12,14-15H2,1H3,(H,21,22). The summed E-state index contributed by atoms with van der Waals surface area (Å²) in [5.74, 6) is -0.815. The van der Waals surface area contributed by atoms with E-state index in [-0.39, 0.29) is 12.5 Å². The van der Waals surface area contributed by atoms with E-state index >= 15 is 0 Å². The largest absolute Gasteiger partial charge is 0.481 e. The van der Waals surface area contributed by atoms with Crippen LogP contribution in [-0.4, -0.2) is 33.5 Å². The van der Waals surface area contributed by atoms with Crippen molar-refractivity contribution in [2.75, 3.05) is 0 Å². The molecule has 0 bridgehead atoms. The second kappa shape index (κ2) is 15.0. The highest BCUT2D eigenvalue weighted by atomic mass is 16.4. The molecule has 2 atom stereocenters. The van der Waals surface area contributed by atoms with Gasteiger partial charge in [0.15, 0.2) is 0 Å². The van der Waals surface area contributed by atoms with Crippen LogP contribution < -0.4 is 0 Å². The van der Waals surface area contributed by atoms with Crippen LogP contribution in [-0.2, 0) is 4.79 Å². The van der Waals surface area contributed by atoms with Gasteiger partial charge in [-0.05, 0) is 38.5 Å². The van der Waals surface area contributed by atoms with Gasteiger partial charge >= 0.3 is 5.97 Å². The number of carboxylic acid groups (broad SMARTS) is 1. The van der Waals surface area contributed by atoms with Crippen LogP contribution in [0.5, 0.6) is 0 Å². The quantitative estimate of drug-likeness (QED) is 0.315. The molecule has 0 heterocycles. The van der Waals surface area contributed by atoms with Gasteiger partial charge in [-0.1, -0.05) is 51.2 Å². The first-order chi connectivity index (χ1) is 10.6. The molecule has 0 spiro atoms. The Kier molecular flexibility index (Phi) is 14.4. The fraction of sp³-hybridized carbons (Fsp3) is 0.833. The summed E-state index contributed by atoms with van der Waals surface area (Å²) in [6, 6.07) is 0. The number of carboxylic acids is 1. The van der Waals surface area contributed by atoms with Crippen LogP contribution in [0.15, 0.2) is 12.2 Å². The molecule has 2 unspecified atom stereocenters. The third kappa shape index (κ3) is 15.5. The highest BCUT2D eigenvalue weighted by molar-refractivity contribution is 5.66. The maximum absolute atomic E-state index is 10.3. The van der Waals surface area contributed by atoms with E-state index in [0.717, 1.165) is 38.5 Å². The van der Waals surface area contributed by atoms with Gasteiger partial charge in [-0.3, -0.25) is 4.79 Å². The molecule has 130 valence electrons. The summed E-state index contributed by atoms with van der Waals surface area (Å²) in [7, 11) is 0. The van der Waals surface area contributed by atoms with Crippen LogP contribution in [0.3, 0.4) is 0 Å². The predicted molar refractivity (Wildman–Crippen MR) is 89.9 cm³/mol. The minimum Gasteiger partial charge on any atom is -0.481 e. The summed E-state index contributed by atoms with van der Waals surface area (Å²) in [6.07, 6.45) is 13.7. The molecule has 0 aromatic rings. The molecule has 0 amide bonds. The number of carbonyl (C=O) groups is 1. The molecule has 0 aliphatic carbocycles. The molecule has 0 radical (unpaired) electrons. The van der Waals surface area contributed by atoms with Gasteiger partial charge in [-0.25, -0.2) is 0 Å². The molecular weight excluding hydrogens is 280 g/mol. The summed E-state index contributed by atoms with van der Waals surface area (Å²) in [6.45, 7) is 2.19. The summed E-state index contributed by atoms with van der Waals surface area (Å²) in [5, 5.41) is 28.0. The molecule has 3 N–H and O–H groups in total. The number of aliphatic hydroxyl groups is 2. The topological polar surface area (TPSA) is 77.8 Å². The monoisotopic (exact) mass is 314 g/mol. The zero-order valence-corrected chi connectivity index (χ0v) is 14.0. The number of hydrogen-bond donors (Lipinski definition) is 3. The molecule has 0 saturated carbocycles. The number of allylic oxidation sites excluding steroid dienone is 1. The highest BCUT2D eigenvalue weighted by Crippen LogP contribution is 2.12. The van der Waals surface area contributed by atoms with Gasteiger partial charge in [0.2, 0.25) is 0 Å². The molecule has 0 fully saturated rings. The van der Waals surface area contributed by atoms with Crippen LogP contribution in [0.2, 0.25) is 0 Å². The average Bonchev–Trinajstić information content (AvgIpc) is 2.47. The maximum atomic E-state index is 10.3. The van der Waals surface area contributed by atoms with Gasteiger partial charge in [-0.15, -0.1) is 0 Å². The minimum atomic E-state index is -0.815. The Labute approximate surface area is 135 Å². The number of aliphatic carboxylic acids is 1. The van der Waals surface area contributed by atoms with Gasteiger partial charge < -0.3 is 15.3 Å². The van der Waals surface area contributed by atoms with Crippen LogP contribution in [0.4, 0.5) is 0 Å². The second-order valence-corrected chi connectivity index (χ2v) is 6.07. The van der Waals surface area contributed by atoms with Crippen molar-refractivity contribution in [3.05, 3.63) is 12.2 Å². The molecular formula is C18H34O4. The number of aliphatic hydroxyl groups excluding tert-OH is 2. The van der Waals surface area contributed by atoms with Crippen molar-refractivity contribution in [2.24, 2.45) is 0 Å². The first kappa shape index (κ1) is 21.1. The molecule has 4 heteroatoms.